The van der Waals surface area contributed by atoms with Crippen LogP contribution in [0.3, 0.4) is 0 Å². The van der Waals surface area contributed by atoms with Crippen LogP contribution in [0.1, 0.15) is 35.6 Å². The van der Waals surface area contributed by atoms with Gasteiger partial charge in [-0.2, -0.15) is 9.61 Å². The maximum atomic E-state index is 5.94. The number of piperidine rings is 1. The number of nitrogens with zero attached hydrogens (tertiary/aromatic N) is 5. The fourth-order valence-electron chi connectivity index (χ4n) is 4.32. The van der Waals surface area contributed by atoms with Crippen LogP contribution in [-0.4, -0.2) is 45.4 Å². The first-order valence-corrected chi connectivity index (χ1v) is 11.7. The molecule has 1 saturated heterocycles. The van der Waals surface area contributed by atoms with E-state index in [4.69, 9.17) is 12.8 Å². The second kappa shape index (κ2) is 9.42. The van der Waals surface area contributed by atoms with Crippen molar-refractivity contribution in [2.75, 3.05) is 18.4 Å². The van der Waals surface area contributed by atoms with Crippen molar-refractivity contribution >= 4 is 40.7 Å². The van der Waals surface area contributed by atoms with Crippen molar-refractivity contribution < 1.29 is 0 Å². The number of hydrogen-bond acceptors (Lipinski definition) is 5. The number of hydrogen-bond donors (Lipinski definition) is 1. The van der Waals surface area contributed by atoms with E-state index in [-0.39, 0.29) is 0 Å². The molecule has 0 bridgehead atoms. The molecule has 6 nitrogen and oxygen atoms in total. The van der Waals surface area contributed by atoms with Gasteiger partial charge in [0.15, 0.2) is 5.65 Å². The van der Waals surface area contributed by atoms with Gasteiger partial charge in [-0.05, 0) is 59.1 Å². The summed E-state index contributed by atoms with van der Waals surface area (Å²) in [6.45, 7) is 3.72. The lowest BCUT2D eigenvalue weighted by atomic mass is 9.92. The van der Waals surface area contributed by atoms with Crippen LogP contribution in [0.4, 0.5) is 5.82 Å². The highest BCUT2D eigenvalue weighted by Gasteiger charge is 2.23. The molecule has 3 aromatic heterocycles. The van der Waals surface area contributed by atoms with Crippen LogP contribution in [0.15, 0.2) is 65.5 Å². The zero-order chi connectivity index (χ0) is 21.9. The average Bonchev–Trinajstić information content (AvgIpc) is 3.19. The summed E-state index contributed by atoms with van der Waals surface area (Å²) in [7, 11) is 5.94. The zero-order valence-electron chi connectivity index (χ0n) is 17.8. The molecule has 0 saturated carbocycles. The van der Waals surface area contributed by atoms with Gasteiger partial charge in [-0.3, -0.25) is 9.88 Å². The maximum absolute atomic E-state index is 5.94. The zero-order valence-corrected chi connectivity index (χ0v) is 19.4. The Balaban J connectivity index is 1.31. The van der Waals surface area contributed by atoms with Gasteiger partial charge in [-0.25, -0.2) is 4.98 Å². The second-order valence-electron chi connectivity index (χ2n) is 8.30. The van der Waals surface area contributed by atoms with E-state index in [9.17, 15) is 0 Å². The van der Waals surface area contributed by atoms with Gasteiger partial charge < -0.3 is 5.32 Å². The number of aromatic nitrogens is 4. The lowest BCUT2D eigenvalue weighted by Crippen LogP contribution is -2.33. The lowest BCUT2D eigenvalue weighted by Gasteiger charge is -2.32. The van der Waals surface area contributed by atoms with Crippen LogP contribution in [-0.2, 0) is 13.1 Å². The van der Waals surface area contributed by atoms with Crippen LogP contribution < -0.4 is 10.8 Å². The van der Waals surface area contributed by atoms with E-state index in [2.05, 4.69) is 60.5 Å². The largest absolute Gasteiger partial charge is 0.366 e. The van der Waals surface area contributed by atoms with Crippen molar-refractivity contribution in [1.29, 1.82) is 0 Å². The molecular formula is C24H24BBrN6. The van der Waals surface area contributed by atoms with E-state index in [1.54, 1.807) is 12.4 Å². The molecular weight excluding hydrogens is 463 g/mol. The van der Waals surface area contributed by atoms with Crippen molar-refractivity contribution in [3.63, 3.8) is 0 Å². The molecule has 160 valence electrons. The number of anilines is 1. The van der Waals surface area contributed by atoms with Crippen molar-refractivity contribution in [1.82, 2.24) is 24.5 Å². The van der Waals surface area contributed by atoms with E-state index in [1.165, 1.54) is 5.56 Å². The lowest BCUT2D eigenvalue weighted by molar-refractivity contribution is 0.203. The predicted molar refractivity (Wildman–Crippen MR) is 131 cm³/mol. The number of rotatable bonds is 6. The molecule has 4 heterocycles. The van der Waals surface area contributed by atoms with Crippen molar-refractivity contribution in [3.8, 4) is 0 Å². The molecule has 0 spiro atoms. The molecule has 0 aliphatic carbocycles. The van der Waals surface area contributed by atoms with E-state index in [0.29, 0.717) is 12.5 Å². The highest BCUT2D eigenvalue weighted by atomic mass is 79.9. The average molecular weight is 487 g/mol. The van der Waals surface area contributed by atoms with Crippen LogP contribution in [0.2, 0.25) is 0 Å². The fraction of sp³-hybridized carbons (Fsp3) is 0.292. The minimum absolute atomic E-state index is 0.429. The fourth-order valence-corrected chi connectivity index (χ4v) is 4.67. The summed E-state index contributed by atoms with van der Waals surface area (Å²) in [6, 6.07) is 14.3. The molecule has 4 aromatic rings. The molecule has 5 rings (SSSR count). The van der Waals surface area contributed by atoms with Gasteiger partial charge >= 0.3 is 0 Å². The van der Waals surface area contributed by atoms with E-state index in [1.807, 2.05) is 28.9 Å². The summed E-state index contributed by atoms with van der Waals surface area (Å²) in [5.41, 5.74) is 5.19. The van der Waals surface area contributed by atoms with Crippen molar-refractivity contribution in [2.24, 2.45) is 0 Å². The number of nitrogens with one attached hydrogen (secondary N) is 1. The molecule has 0 unspecified atom stereocenters. The van der Waals surface area contributed by atoms with Crippen molar-refractivity contribution in [3.05, 3.63) is 82.3 Å². The van der Waals surface area contributed by atoms with Crippen LogP contribution in [0.5, 0.6) is 0 Å². The minimum Gasteiger partial charge on any atom is -0.366 e. The molecule has 8 heteroatoms. The first-order valence-electron chi connectivity index (χ1n) is 10.9. The molecule has 1 fully saturated rings. The highest BCUT2D eigenvalue weighted by Crippen LogP contribution is 2.31. The van der Waals surface area contributed by atoms with Crippen molar-refractivity contribution in [2.45, 2.75) is 31.8 Å². The SMILES string of the molecule is [B]c1cccc(CN2CCC(c3cc(NCc4cccnc4)n4ncc(Br)c4n3)CC2)c1. The Hall–Kier alpha value is -2.71. The van der Waals surface area contributed by atoms with Crippen LogP contribution in [0, 0.1) is 0 Å². The van der Waals surface area contributed by atoms with Crippen LogP contribution in [0.25, 0.3) is 5.65 Å². The topological polar surface area (TPSA) is 58.4 Å². The molecule has 32 heavy (non-hydrogen) atoms. The Morgan fingerprint density at radius 2 is 1.91 bits per heavy atom. The van der Waals surface area contributed by atoms with Gasteiger partial charge in [0.1, 0.15) is 13.7 Å². The molecule has 1 aromatic carbocycles. The molecule has 2 radical (unpaired) electrons. The minimum atomic E-state index is 0.429. The first-order chi connectivity index (χ1) is 15.7. The van der Waals surface area contributed by atoms with E-state index in [0.717, 1.165) is 65.1 Å². The summed E-state index contributed by atoms with van der Waals surface area (Å²) in [5, 5.41) is 8.01. The van der Waals surface area contributed by atoms with Gasteiger partial charge in [0.2, 0.25) is 0 Å². The number of likely N-dealkylation sites (tertiary alicyclic amines) is 1. The van der Waals surface area contributed by atoms with Crippen LogP contribution >= 0.6 is 15.9 Å². The summed E-state index contributed by atoms with van der Waals surface area (Å²) in [4.78, 5) is 11.7. The summed E-state index contributed by atoms with van der Waals surface area (Å²) >= 11 is 3.61. The van der Waals surface area contributed by atoms with E-state index >= 15 is 0 Å². The summed E-state index contributed by atoms with van der Waals surface area (Å²) in [6.07, 6.45) is 7.63. The molecule has 1 N–H and O–H groups in total. The normalized spacial score (nSPS) is 15.3. The molecule has 0 atom stereocenters. The number of pyridine rings is 1. The van der Waals surface area contributed by atoms with Gasteiger partial charge in [0.05, 0.1) is 10.7 Å². The third kappa shape index (κ3) is 4.71. The van der Waals surface area contributed by atoms with Gasteiger partial charge in [-0.1, -0.05) is 35.8 Å². The van der Waals surface area contributed by atoms with Gasteiger partial charge in [0.25, 0.3) is 0 Å². The standard InChI is InChI=1S/C24H24BBrN6/c25-20-5-1-3-17(11-20)16-31-9-6-19(7-10-31)22-12-23(28-14-18-4-2-8-27-13-18)32-24(30-22)21(26)15-29-32/h1-5,8,11-13,15,19,28H,6-7,9-10,14,16H2. The first kappa shape index (κ1) is 21.2. The Morgan fingerprint density at radius 3 is 2.69 bits per heavy atom. The van der Waals surface area contributed by atoms with Gasteiger partial charge in [-0.15, -0.1) is 0 Å². The predicted octanol–water partition coefficient (Wildman–Crippen LogP) is 3.67. The number of fused-ring (bicyclic) bond motifs is 1. The molecule has 1 aliphatic rings. The quantitative estimate of drug-likeness (QED) is 0.421. The van der Waals surface area contributed by atoms with E-state index < -0.39 is 0 Å². The smallest absolute Gasteiger partial charge is 0.171 e. The Morgan fingerprint density at radius 1 is 1.06 bits per heavy atom. The summed E-state index contributed by atoms with van der Waals surface area (Å²) in [5.74, 6) is 1.37. The van der Waals surface area contributed by atoms with Gasteiger partial charge in [0, 0.05) is 43.2 Å². The number of halogens is 1. The monoisotopic (exact) mass is 486 g/mol. The summed E-state index contributed by atoms with van der Waals surface area (Å²) < 4.78 is 2.77. The third-order valence-corrected chi connectivity index (χ3v) is 6.57. The Labute approximate surface area is 197 Å². The Kier molecular flexibility index (Phi) is 6.23. The number of benzene rings is 1. The third-order valence-electron chi connectivity index (χ3n) is 6.01. The molecule has 1 aliphatic heterocycles. The maximum Gasteiger partial charge on any atom is 0.171 e. The second-order valence-corrected chi connectivity index (χ2v) is 9.16. The Bertz CT molecular complexity index is 1200. The highest BCUT2D eigenvalue weighted by molar-refractivity contribution is 9.10. The molecule has 0 amide bonds.